The van der Waals surface area contributed by atoms with Crippen LogP contribution < -0.4 is 0 Å². The van der Waals surface area contributed by atoms with E-state index in [0.717, 1.165) is 12.8 Å². The molecule has 1 N–H and O–H groups in total. The second-order valence-electron chi connectivity index (χ2n) is 8.55. The Bertz CT molecular complexity index is 380. The van der Waals surface area contributed by atoms with E-state index in [9.17, 15) is 9.90 Å². The van der Waals surface area contributed by atoms with E-state index in [-0.39, 0.29) is 6.61 Å². The van der Waals surface area contributed by atoms with Gasteiger partial charge in [0.05, 0.1) is 12.0 Å². The van der Waals surface area contributed by atoms with Gasteiger partial charge in [0.15, 0.2) is 0 Å². The van der Waals surface area contributed by atoms with E-state index in [0.29, 0.717) is 6.61 Å². The summed E-state index contributed by atoms with van der Waals surface area (Å²) in [5.74, 6) is -2.42. The molecule has 4 heteroatoms. The Hall–Kier alpha value is -0.610. The number of carbonyl (C=O) groups is 1. The van der Waals surface area contributed by atoms with Crippen molar-refractivity contribution in [1.82, 2.24) is 0 Å². The smallest absolute Gasteiger partial charge is 0.367 e. The van der Waals surface area contributed by atoms with Gasteiger partial charge in [0.2, 0.25) is 0 Å². The van der Waals surface area contributed by atoms with Crippen molar-refractivity contribution >= 4 is 5.97 Å². The normalized spacial score (nSPS) is 21.9. The van der Waals surface area contributed by atoms with Crippen LogP contribution in [0.15, 0.2) is 0 Å². The molecule has 0 aliphatic carbocycles. The first-order chi connectivity index (χ1) is 12.4. The van der Waals surface area contributed by atoms with Crippen LogP contribution in [0.2, 0.25) is 0 Å². The molecule has 0 amide bonds. The third kappa shape index (κ3) is 7.96. The molecule has 0 aromatic rings. The minimum Gasteiger partial charge on any atom is -0.461 e. The van der Waals surface area contributed by atoms with Crippen molar-refractivity contribution in [3.05, 3.63) is 0 Å². The Balaban J connectivity index is 1.87. The van der Waals surface area contributed by atoms with E-state index < -0.39 is 17.2 Å². The molecule has 0 radical (unpaired) electrons. The summed E-state index contributed by atoms with van der Waals surface area (Å²) in [6.07, 6.45) is 18.3. The number of hydrogen-bond donors (Lipinski definition) is 1. The Morgan fingerprint density at radius 3 is 1.65 bits per heavy atom. The van der Waals surface area contributed by atoms with Crippen LogP contribution in [0.3, 0.4) is 0 Å². The Labute approximate surface area is 161 Å². The van der Waals surface area contributed by atoms with Crippen LogP contribution in [-0.2, 0) is 14.3 Å². The van der Waals surface area contributed by atoms with Crippen LogP contribution in [0.1, 0.15) is 111 Å². The molecule has 1 atom stereocenters. The molecule has 1 unspecified atom stereocenters. The van der Waals surface area contributed by atoms with Gasteiger partial charge in [-0.1, -0.05) is 104 Å². The molecule has 0 aromatic heterocycles. The van der Waals surface area contributed by atoms with Crippen molar-refractivity contribution in [2.75, 3.05) is 13.2 Å². The topological polar surface area (TPSA) is 55.8 Å². The van der Waals surface area contributed by atoms with Crippen molar-refractivity contribution in [2.45, 2.75) is 116 Å². The highest BCUT2D eigenvalue weighted by Crippen LogP contribution is 2.39. The third-order valence-corrected chi connectivity index (χ3v) is 5.57. The van der Waals surface area contributed by atoms with Crippen molar-refractivity contribution in [3.63, 3.8) is 0 Å². The van der Waals surface area contributed by atoms with Crippen molar-refractivity contribution in [3.8, 4) is 0 Å². The van der Waals surface area contributed by atoms with E-state index in [1.807, 2.05) is 0 Å². The van der Waals surface area contributed by atoms with Gasteiger partial charge in [0.1, 0.15) is 6.61 Å². The lowest BCUT2D eigenvalue weighted by Crippen LogP contribution is -2.49. The maximum atomic E-state index is 11.7. The van der Waals surface area contributed by atoms with Crippen molar-refractivity contribution < 1.29 is 19.4 Å². The van der Waals surface area contributed by atoms with Gasteiger partial charge in [0, 0.05) is 0 Å². The monoisotopic (exact) mass is 370 g/mol. The number of rotatable bonds is 16. The molecular formula is C22H42O4. The van der Waals surface area contributed by atoms with Crippen molar-refractivity contribution in [1.29, 1.82) is 0 Å². The highest BCUT2D eigenvalue weighted by molar-refractivity contribution is 5.80. The number of cyclic esters (lactones) is 1. The average Bonchev–Trinajstić information content (AvgIpc) is 2.81. The molecule has 1 aliphatic heterocycles. The summed E-state index contributed by atoms with van der Waals surface area (Å²) in [5.41, 5.74) is -0.680. The Morgan fingerprint density at radius 2 is 1.27 bits per heavy atom. The molecule has 1 fully saturated rings. The number of carbonyl (C=O) groups excluding carboxylic acids is 1. The zero-order chi connectivity index (χ0) is 19.3. The van der Waals surface area contributed by atoms with Gasteiger partial charge in [0.25, 0.3) is 5.79 Å². The molecule has 1 aliphatic rings. The number of hydrogen-bond acceptors (Lipinski definition) is 4. The van der Waals surface area contributed by atoms with E-state index >= 15 is 0 Å². The number of unbranched alkanes of at least 4 members (excludes halogenated alkanes) is 13. The van der Waals surface area contributed by atoms with Crippen molar-refractivity contribution in [2.24, 2.45) is 5.41 Å². The van der Waals surface area contributed by atoms with Gasteiger partial charge < -0.3 is 14.6 Å². The number of ether oxygens (including phenoxy) is 2. The van der Waals surface area contributed by atoms with E-state index in [2.05, 4.69) is 6.92 Å². The summed E-state index contributed by atoms with van der Waals surface area (Å²) in [7, 11) is 0. The molecule has 0 spiro atoms. The van der Waals surface area contributed by atoms with Crippen LogP contribution >= 0.6 is 0 Å². The number of aliphatic hydroxyl groups is 1. The average molecular weight is 371 g/mol. The molecule has 0 saturated carbocycles. The lowest BCUT2D eigenvalue weighted by atomic mass is 9.86. The predicted octanol–water partition coefficient (Wildman–Crippen LogP) is 5.76. The second kappa shape index (κ2) is 12.7. The van der Waals surface area contributed by atoms with E-state index in [1.54, 1.807) is 13.8 Å². The SMILES string of the molecule is CCCCCCCCCCCCCCCCOC1(O)C(=O)OCC1(C)C. The summed E-state index contributed by atoms with van der Waals surface area (Å²) in [5, 5.41) is 10.4. The third-order valence-electron chi connectivity index (χ3n) is 5.57. The van der Waals surface area contributed by atoms with Gasteiger partial charge in [-0.15, -0.1) is 0 Å². The first-order valence-electron chi connectivity index (χ1n) is 11.0. The molecule has 1 saturated heterocycles. The maximum Gasteiger partial charge on any atom is 0.367 e. The van der Waals surface area contributed by atoms with Gasteiger partial charge in [-0.3, -0.25) is 0 Å². The molecule has 1 rings (SSSR count). The lowest BCUT2D eigenvalue weighted by Gasteiger charge is -2.30. The molecule has 0 aromatic carbocycles. The Morgan fingerprint density at radius 1 is 0.846 bits per heavy atom. The van der Waals surface area contributed by atoms with Crippen LogP contribution in [0, 0.1) is 5.41 Å². The molecular weight excluding hydrogens is 328 g/mol. The fourth-order valence-corrected chi connectivity index (χ4v) is 3.49. The molecule has 1 heterocycles. The van der Waals surface area contributed by atoms with Crippen LogP contribution in [0.25, 0.3) is 0 Å². The summed E-state index contributed by atoms with van der Waals surface area (Å²) in [6, 6.07) is 0. The van der Waals surface area contributed by atoms with Crippen LogP contribution in [0.4, 0.5) is 0 Å². The zero-order valence-corrected chi connectivity index (χ0v) is 17.5. The second-order valence-corrected chi connectivity index (χ2v) is 8.55. The van der Waals surface area contributed by atoms with E-state index in [4.69, 9.17) is 9.47 Å². The highest BCUT2D eigenvalue weighted by atomic mass is 16.7. The largest absolute Gasteiger partial charge is 0.461 e. The van der Waals surface area contributed by atoms with Gasteiger partial charge >= 0.3 is 5.97 Å². The quantitative estimate of drug-likeness (QED) is 0.213. The molecule has 154 valence electrons. The van der Waals surface area contributed by atoms with Crippen LogP contribution in [0.5, 0.6) is 0 Å². The number of esters is 1. The zero-order valence-electron chi connectivity index (χ0n) is 17.5. The predicted molar refractivity (Wildman–Crippen MR) is 106 cm³/mol. The molecule has 26 heavy (non-hydrogen) atoms. The molecule has 0 bridgehead atoms. The van der Waals surface area contributed by atoms with Crippen LogP contribution in [-0.4, -0.2) is 30.1 Å². The van der Waals surface area contributed by atoms with E-state index in [1.165, 1.54) is 77.0 Å². The first kappa shape index (κ1) is 23.4. The minimum absolute atomic E-state index is 0.209. The van der Waals surface area contributed by atoms with Gasteiger partial charge in [-0.25, -0.2) is 4.79 Å². The Kier molecular flexibility index (Phi) is 11.5. The highest BCUT2D eigenvalue weighted by Gasteiger charge is 2.58. The summed E-state index contributed by atoms with van der Waals surface area (Å²) >= 11 is 0. The van der Waals surface area contributed by atoms with Gasteiger partial charge in [-0.2, -0.15) is 0 Å². The summed E-state index contributed by atoms with van der Waals surface area (Å²) in [6.45, 7) is 6.47. The standard InChI is InChI=1S/C22H42O4/c1-4-5-6-7-8-9-10-11-12-13-14-15-16-17-18-26-22(24)20(23)25-19-21(22,2)3/h24H,4-19H2,1-3H3. The fourth-order valence-electron chi connectivity index (χ4n) is 3.49. The first-order valence-corrected chi connectivity index (χ1v) is 11.0. The molecule has 4 nitrogen and oxygen atoms in total. The van der Waals surface area contributed by atoms with Gasteiger partial charge in [-0.05, 0) is 6.42 Å². The maximum absolute atomic E-state index is 11.7. The lowest BCUT2D eigenvalue weighted by molar-refractivity contribution is -0.239. The fraction of sp³-hybridized carbons (Fsp3) is 0.955. The minimum atomic E-state index is -1.77. The summed E-state index contributed by atoms with van der Waals surface area (Å²) < 4.78 is 10.5. The summed E-state index contributed by atoms with van der Waals surface area (Å²) in [4.78, 5) is 11.7.